The molecule has 1 saturated heterocycles. The van der Waals surface area contributed by atoms with Gasteiger partial charge in [-0.2, -0.15) is 0 Å². The average Bonchev–Trinajstić information content (AvgIpc) is 2.68. The van der Waals surface area contributed by atoms with Crippen LogP contribution in [0.3, 0.4) is 0 Å². The van der Waals surface area contributed by atoms with Crippen LogP contribution in [0.4, 0.5) is 11.4 Å². The molecule has 136 valence electrons. The van der Waals surface area contributed by atoms with E-state index in [1.54, 1.807) is 13.2 Å². The van der Waals surface area contributed by atoms with E-state index in [1.165, 1.54) is 24.6 Å². The summed E-state index contributed by atoms with van der Waals surface area (Å²) in [6.45, 7) is 4.53. The fourth-order valence-corrected chi connectivity index (χ4v) is 3.12. The molecule has 2 aromatic rings. The molecule has 1 N–H and O–H groups in total. The van der Waals surface area contributed by atoms with Crippen molar-refractivity contribution in [2.75, 3.05) is 30.4 Å². The molecule has 1 aliphatic rings. The number of amides is 1. The average molecular weight is 350 g/mol. The fraction of sp³-hybridized carbons (Fsp3) is 0.318. The topological polar surface area (TPSA) is 41.6 Å². The zero-order valence-corrected chi connectivity index (χ0v) is 15.4. The Bertz CT molecular complexity index is 760. The standard InChI is InChI=1S/C22H26N2O2/c1-17-12-14-24(15-13-17)20-9-7-19(8-10-20)23-22(25)11-6-18-4-3-5-21(16-18)26-2/h3-11,16-17H,12-15H2,1-2H3,(H,23,25)/b11-6+. The molecule has 0 bridgehead atoms. The van der Waals surface area contributed by atoms with Crippen molar-refractivity contribution in [3.8, 4) is 5.75 Å². The van der Waals surface area contributed by atoms with E-state index in [0.717, 1.165) is 36.0 Å². The third-order valence-corrected chi connectivity index (χ3v) is 4.80. The predicted molar refractivity (Wildman–Crippen MR) is 108 cm³/mol. The van der Waals surface area contributed by atoms with Crippen LogP contribution < -0.4 is 15.0 Å². The molecule has 2 aromatic carbocycles. The first-order valence-electron chi connectivity index (χ1n) is 9.12. The Morgan fingerprint density at radius 1 is 1.15 bits per heavy atom. The Morgan fingerprint density at radius 3 is 2.58 bits per heavy atom. The number of anilines is 2. The van der Waals surface area contributed by atoms with Crippen LogP contribution in [-0.2, 0) is 4.79 Å². The Morgan fingerprint density at radius 2 is 1.88 bits per heavy atom. The van der Waals surface area contributed by atoms with Crippen molar-refractivity contribution in [1.82, 2.24) is 0 Å². The molecule has 0 atom stereocenters. The first-order valence-corrected chi connectivity index (χ1v) is 9.12. The summed E-state index contributed by atoms with van der Waals surface area (Å²) in [6.07, 6.45) is 5.80. The highest BCUT2D eigenvalue weighted by Crippen LogP contribution is 2.24. The summed E-state index contributed by atoms with van der Waals surface area (Å²) >= 11 is 0. The summed E-state index contributed by atoms with van der Waals surface area (Å²) in [5, 5.41) is 2.90. The molecule has 3 rings (SSSR count). The number of carbonyl (C=O) groups is 1. The van der Waals surface area contributed by atoms with E-state index < -0.39 is 0 Å². The van der Waals surface area contributed by atoms with Crippen LogP contribution in [0.2, 0.25) is 0 Å². The second-order valence-electron chi connectivity index (χ2n) is 6.82. The van der Waals surface area contributed by atoms with E-state index in [0.29, 0.717) is 0 Å². The SMILES string of the molecule is COc1cccc(/C=C/C(=O)Nc2ccc(N3CCC(C)CC3)cc2)c1. The zero-order chi connectivity index (χ0) is 18.4. The molecule has 1 fully saturated rings. The number of hydrogen-bond acceptors (Lipinski definition) is 3. The molecule has 0 unspecified atom stereocenters. The van der Waals surface area contributed by atoms with Gasteiger partial charge in [0.1, 0.15) is 5.75 Å². The molecule has 4 nitrogen and oxygen atoms in total. The summed E-state index contributed by atoms with van der Waals surface area (Å²) in [7, 11) is 1.63. The van der Waals surface area contributed by atoms with E-state index in [9.17, 15) is 4.79 Å². The van der Waals surface area contributed by atoms with E-state index in [-0.39, 0.29) is 5.91 Å². The third kappa shape index (κ3) is 4.88. The Balaban J connectivity index is 1.56. The van der Waals surface area contributed by atoms with Crippen molar-refractivity contribution in [2.45, 2.75) is 19.8 Å². The van der Waals surface area contributed by atoms with Crippen molar-refractivity contribution in [1.29, 1.82) is 0 Å². The number of methoxy groups -OCH3 is 1. The molecule has 4 heteroatoms. The number of hydrogen-bond donors (Lipinski definition) is 1. The molecule has 0 spiro atoms. The van der Waals surface area contributed by atoms with Crippen molar-refractivity contribution in [2.24, 2.45) is 5.92 Å². The van der Waals surface area contributed by atoms with E-state index in [2.05, 4.69) is 29.3 Å². The van der Waals surface area contributed by atoms with Crippen LogP contribution in [0, 0.1) is 5.92 Å². The number of rotatable bonds is 5. The Kier molecular flexibility index (Phi) is 5.95. The van der Waals surface area contributed by atoms with Crippen molar-refractivity contribution in [3.63, 3.8) is 0 Å². The van der Waals surface area contributed by atoms with Gasteiger partial charge in [0.25, 0.3) is 0 Å². The molecule has 1 aliphatic heterocycles. The Labute approximate surface area is 155 Å². The summed E-state index contributed by atoms with van der Waals surface area (Å²) in [4.78, 5) is 14.5. The summed E-state index contributed by atoms with van der Waals surface area (Å²) in [5.74, 6) is 1.45. The molecule has 0 aromatic heterocycles. The predicted octanol–water partition coefficient (Wildman–Crippen LogP) is 4.58. The molecule has 0 aliphatic carbocycles. The maximum atomic E-state index is 12.1. The first kappa shape index (κ1) is 18.1. The van der Waals surface area contributed by atoms with Crippen molar-refractivity contribution in [3.05, 3.63) is 60.2 Å². The van der Waals surface area contributed by atoms with Gasteiger partial charge in [-0.3, -0.25) is 4.79 Å². The number of nitrogens with zero attached hydrogens (tertiary/aromatic N) is 1. The molecular weight excluding hydrogens is 324 g/mol. The van der Waals surface area contributed by atoms with E-state index in [4.69, 9.17) is 4.74 Å². The maximum absolute atomic E-state index is 12.1. The zero-order valence-electron chi connectivity index (χ0n) is 15.4. The summed E-state index contributed by atoms with van der Waals surface area (Å²) in [6, 6.07) is 15.7. The van der Waals surface area contributed by atoms with Crippen LogP contribution in [0.1, 0.15) is 25.3 Å². The smallest absolute Gasteiger partial charge is 0.248 e. The van der Waals surface area contributed by atoms with Gasteiger partial charge in [-0.25, -0.2) is 0 Å². The van der Waals surface area contributed by atoms with E-state index >= 15 is 0 Å². The van der Waals surface area contributed by atoms with Crippen LogP contribution in [0.5, 0.6) is 5.75 Å². The van der Waals surface area contributed by atoms with Gasteiger partial charge in [-0.05, 0) is 66.8 Å². The van der Waals surface area contributed by atoms with Crippen LogP contribution in [-0.4, -0.2) is 26.1 Å². The number of nitrogens with one attached hydrogen (secondary N) is 1. The highest BCUT2D eigenvalue weighted by atomic mass is 16.5. The minimum absolute atomic E-state index is 0.146. The number of benzene rings is 2. The Hall–Kier alpha value is -2.75. The lowest BCUT2D eigenvalue weighted by molar-refractivity contribution is -0.111. The van der Waals surface area contributed by atoms with Crippen LogP contribution in [0.15, 0.2) is 54.6 Å². The number of carbonyl (C=O) groups excluding carboxylic acids is 1. The van der Waals surface area contributed by atoms with Gasteiger partial charge >= 0.3 is 0 Å². The van der Waals surface area contributed by atoms with Gasteiger partial charge < -0.3 is 15.0 Å². The number of ether oxygens (including phenoxy) is 1. The van der Waals surface area contributed by atoms with Crippen molar-refractivity contribution < 1.29 is 9.53 Å². The fourth-order valence-electron chi connectivity index (χ4n) is 3.12. The third-order valence-electron chi connectivity index (χ3n) is 4.80. The largest absolute Gasteiger partial charge is 0.497 e. The van der Waals surface area contributed by atoms with Gasteiger partial charge in [0, 0.05) is 30.5 Å². The lowest BCUT2D eigenvalue weighted by Gasteiger charge is -2.32. The minimum Gasteiger partial charge on any atom is -0.497 e. The lowest BCUT2D eigenvalue weighted by atomic mass is 9.99. The molecule has 0 radical (unpaired) electrons. The molecule has 26 heavy (non-hydrogen) atoms. The van der Waals surface area contributed by atoms with Crippen LogP contribution in [0.25, 0.3) is 6.08 Å². The van der Waals surface area contributed by atoms with Crippen LogP contribution >= 0.6 is 0 Å². The summed E-state index contributed by atoms with van der Waals surface area (Å²) in [5.41, 5.74) is 2.95. The molecule has 1 heterocycles. The van der Waals surface area contributed by atoms with Crippen molar-refractivity contribution >= 4 is 23.4 Å². The lowest BCUT2D eigenvalue weighted by Crippen LogP contribution is -2.32. The van der Waals surface area contributed by atoms with E-state index in [1.807, 2.05) is 36.4 Å². The minimum atomic E-state index is -0.146. The first-order chi connectivity index (χ1) is 12.6. The second kappa shape index (κ2) is 8.56. The monoisotopic (exact) mass is 350 g/mol. The van der Waals surface area contributed by atoms with Gasteiger partial charge in [-0.1, -0.05) is 19.1 Å². The number of piperidine rings is 1. The van der Waals surface area contributed by atoms with Gasteiger partial charge in [0.15, 0.2) is 0 Å². The molecule has 0 saturated carbocycles. The molecular formula is C22H26N2O2. The van der Waals surface area contributed by atoms with Gasteiger partial charge in [-0.15, -0.1) is 0 Å². The molecule has 1 amide bonds. The van der Waals surface area contributed by atoms with Gasteiger partial charge in [0.2, 0.25) is 5.91 Å². The van der Waals surface area contributed by atoms with Gasteiger partial charge in [0.05, 0.1) is 7.11 Å². The highest BCUT2D eigenvalue weighted by Gasteiger charge is 2.15. The quantitative estimate of drug-likeness (QED) is 0.802. The summed E-state index contributed by atoms with van der Waals surface area (Å²) < 4.78 is 5.19. The second-order valence-corrected chi connectivity index (χ2v) is 6.82. The normalized spacial score (nSPS) is 15.2. The highest BCUT2D eigenvalue weighted by molar-refractivity contribution is 6.02. The maximum Gasteiger partial charge on any atom is 0.248 e.